The number of rotatable bonds is 7. The van der Waals surface area contributed by atoms with Crippen LogP contribution in [0.5, 0.6) is 0 Å². The maximum absolute atomic E-state index is 12.7. The first-order chi connectivity index (χ1) is 12.4. The summed E-state index contributed by atoms with van der Waals surface area (Å²) >= 11 is 1.28. The van der Waals surface area contributed by atoms with E-state index in [1.807, 2.05) is 6.07 Å². The Bertz CT molecular complexity index is 789. The van der Waals surface area contributed by atoms with E-state index in [2.05, 4.69) is 0 Å². The van der Waals surface area contributed by atoms with Gasteiger partial charge in [-0.1, -0.05) is 42.5 Å². The second-order valence-corrected chi connectivity index (χ2v) is 6.93. The van der Waals surface area contributed by atoms with Gasteiger partial charge in [0, 0.05) is 24.6 Å². The summed E-state index contributed by atoms with van der Waals surface area (Å²) in [5, 5.41) is 0. The van der Waals surface area contributed by atoms with Crippen molar-refractivity contribution < 1.29 is 19.1 Å². The van der Waals surface area contributed by atoms with Crippen molar-refractivity contribution >= 4 is 29.4 Å². The Morgan fingerprint density at radius 1 is 1.00 bits per heavy atom. The summed E-state index contributed by atoms with van der Waals surface area (Å²) in [7, 11) is 3.23. The summed E-state index contributed by atoms with van der Waals surface area (Å²) in [5.74, 6) is -0.634. The van der Waals surface area contributed by atoms with Crippen LogP contribution in [0.4, 0.5) is 0 Å². The molecule has 0 aliphatic carbocycles. The fourth-order valence-corrected chi connectivity index (χ4v) is 3.07. The zero-order valence-electron chi connectivity index (χ0n) is 15.0. The van der Waals surface area contributed by atoms with Gasteiger partial charge in [0.15, 0.2) is 0 Å². The highest BCUT2D eigenvalue weighted by Crippen LogP contribution is 2.26. The molecule has 0 aliphatic rings. The Morgan fingerprint density at radius 2 is 1.62 bits per heavy atom. The molecule has 0 heterocycles. The lowest BCUT2D eigenvalue weighted by molar-refractivity contribution is -0.138. The van der Waals surface area contributed by atoms with Gasteiger partial charge >= 0.3 is 5.97 Å². The van der Waals surface area contributed by atoms with Gasteiger partial charge in [-0.25, -0.2) is 4.79 Å². The van der Waals surface area contributed by atoms with Crippen molar-refractivity contribution in [2.24, 2.45) is 0 Å². The number of hydrogen-bond donors (Lipinski definition) is 0. The average Bonchev–Trinajstić information content (AvgIpc) is 2.64. The predicted octanol–water partition coefficient (Wildman–Crippen LogP) is 3.35. The third-order valence-corrected chi connectivity index (χ3v) is 4.75. The Balaban J connectivity index is 2.28. The largest absolute Gasteiger partial charge is 0.444 e. The van der Waals surface area contributed by atoms with Crippen LogP contribution in [0.1, 0.15) is 28.9 Å². The predicted molar refractivity (Wildman–Crippen MR) is 101 cm³/mol. The van der Waals surface area contributed by atoms with Crippen molar-refractivity contribution in [2.45, 2.75) is 17.9 Å². The van der Waals surface area contributed by atoms with E-state index in [0.717, 1.165) is 0 Å². The maximum Gasteiger partial charge on any atom is 0.340 e. The van der Waals surface area contributed by atoms with Gasteiger partial charge in [0.05, 0.1) is 11.3 Å². The lowest BCUT2D eigenvalue weighted by atomic mass is 10.1. The minimum atomic E-state index is -1.02. The molecule has 2 aromatic carbocycles. The number of esters is 1. The number of nitrogens with zero attached hydrogens (tertiary/aromatic N) is 1. The molecule has 2 aromatic rings. The number of likely N-dealkylation sites (N-methyl/N-ethyl adjacent to an activating group) is 1. The molecule has 0 radical (unpaired) electrons. The number of carbonyl (C=O) groups excluding carboxylic acids is 3. The van der Waals surface area contributed by atoms with E-state index in [-0.39, 0.29) is 17.4 Å². The number of thioether (sulfide) groups is 1. The summed E-state index contributed by atoms with van der Waals surface area (Å²) in [6.07, 6.45) is -1.02. The second-order valence-electron chi connectivity index (χ2n) is 5.92. The SMILES string of the molecule is CC(=O)CSc1ccccc1C(=O)O[C@H](C(=O)N(C)C)c1ccccc1. The number of carbonyl (C=O) groups is 3. The molecule has 1 atom stereocenters. The first-order valence-electron chi connectivity index (χ1n) is 8.08. The van der Waals surface area contributed by atoms with Crippen molar-refractivity contribution in [1.82, 2.24) is 4.90 Å². The van der Waals surface area contributed by atoms with E-state index in [1.165, 1.54) is 23.6 Å². The molecule has 0 N–H and O–H groups in total. The Hall–Kier alpha value is -2.60. The smallest absolute Gasteiger partial charge is 0.340 e. The van der Waals surface area contributed by atoms with Gasteiger partial charge < -0.3 is 9.64 Å². The quantitative estimate of drug-likeness (QED) is 0.552. The van der Waals surface area contributed by atoms with E-state index in [4.69, 9.17) is 4.74 Å². The molecular formula is C20H21NO4S. The van der Waals surface area contributed by atoms with Crippen molar-refractivity contribution in [3.63, 3.8) is 0 Å². The van der Waals surface area contributed by atoms with Gasteiger partial charge in [0.1, 0.15) is 5.78 Å². The normalized spacial score (nSPS) is 11.5. The molecule has 26 heavy (non-hydrogen) atoms. The zero-order chi connectivity index (χ0) is 19.1. The van der Waals surface area contributed by atoms with Crippen molar-refractivity contribution in [1.29, 1.82) is 0 Å². The average molecular weight is 371 g/mol. The van der Waals surface area contributed by atoms with Crippen molar-refractivity contribution in [2.75, 3.05) is 19.8 Å². The highest BCUT2D eigenvalue weighted by molar-refractivity contribution is 8.00. The molecule has 1 amide bonds. The van der Waals surface area contributed by atoms with Crippen LogP contribution in [-0.2, 0) is 14.3 Å². The van der Waals surface area contributed by atoms with Crippen LogP contribution in [0.25, 0.3) is 0 Å². The Kier molecular flexibility index (Phi) is 6.97. The van der Waals surface area contributed by atoms with Crippen LogP contribution in [0.2, 0.25) is 0 Å². The summed E-state index contributed by atoms with van der Waals surface area (Å²) in [6, 6.07) is 15.8. The van der Waals surface area contributed by atoms with Crippen LogP contribution in [0, 0.1) is 0 Å². The Labute approximate surface area is 157 Å². The van der Waals surface area contributed by atoms with E-state index < -0.39 is 12.1 Å². The fraction of sp³-hybridized carbons (Fsp3) is 0.250. The zero-order valence-corrected chi connectivity index (χ0v) is 15.8. The molecule has 2 rings (SSSR count). The molecule has 6 heteroatoms. The Morgan fingerprint density at radius 3 is 2.23 bits per heavy atom. The summed E-state index contributed by atoms with van der Waals surface area (Å²) in [6.45, 7) is 1.50. The van der Waals surface area contributed by atoms with E-state index >= 15 is 0 Å². The highest BCUT2D eigenvalue weighted by Gasteiger charge is 2.27. The molecule has 0 saturated heterocycles. The van der Waals surface area contributed by atoms with E-state index in [9.17, 15) is 14.4 Å². The van der Waals surface area contributed by atoms with Crippen molar-refractivity contribution in [3.8, 4) is 0 Å². The number of ketones is 1. The third-order valence-electron chi connectivity index (χ3n) is 3.53. The molecule has 0 fully saturated rings. The minimum Gasteiger partial charge on any atom is -0.444 e. The number of ether oxygens (including phenoxy) is 1. The topological polar surface area (TPSA) is 63.7 Å². The molecule has 0 spiro atoms. The second kappa shape index (κ2) is 9.20. The summed E-state index contributed by atoms with van der Waals surface area (Å²) in [4.78, 5) is 38.5. The minimum absolute atomic E-state index is 0.0168. The van der Waals surface area contributed by atoms with Gasteiger partial charge in [-0.2, -0.15) is 0 Å². The lowest BCUT2D eigenvalue weighted by Gasteiger charge is -2.21. The van der Waals surface area contributed by atoms with E-state index in [1.54, 1.807) is 62.6 Å². The summed E-state index contributed by atoms with van der Waals surface area (Å²) in [5.41, 5.74) is 0.944. The van der Waals surface area contributed by atoms with Gasteiger partial charge in [-0.15, -0.1) is 11.8 Å². The molecular weight excluding hydrogens is 350 g/mol. The van der Waals surface area contributed by atoms with Gasteiger partial charge in [-0.05, 0) is 19.1 Å². The van der Waals surface area contributed by atoms with Crippen LogP contribution in [0.3, 0.4) is 0 Å². The molecule has 0 aliphatic heterocycles. The molecule has 0 bridgehead atoms. The number of Topliss-reactive ketones (excluding diaryl/α,β-unsaturated/α-hetero) is 1. The third kappa shape index (κ3) is 5.20. The monoisotopic (exact) mass is 371 g/mol. The van der Waals surface area contributed by atoms with Gasteiger partial charge in [-0.3, -0.25) is 9.59 Å². The fourth-order valence-electron chi connectivity index (χ4n) is 2.23. The highest BCUT2D eigenvalue weighted by atomic mass is 32.2. The van der Waals surface area contributed by atoms with E-state index in [0.29, 0.717) is 16.0 Å². The number of amides is 1. The standard InChI is InChI=1S/C20H21NO4S/c1-14(22)13-26-17-12-8-7-11-16(17)20(24)25-18(19(23)21(2)3)15-9-5-4-6-10-15/h4-12,18H,13H2,1-3H3/t18-/m0/s1. The van der Waals surface area contributed by atoms with Crippen molar-refractivity contribution in [3.05, 3.63) is 65.7 Å². The van der Waals surface area contributed by atoms with Crippen LogP contribution in [-0.4, -0.2) is 42.4 Å². The number of hydrogen-bond acceptors (Lipinski definition) is 5. The van der Waals surface area contributed by atoms with Gasteiger partial charge in [0.25, 0.3) is 5.91 Å². The molecule has 136 valence electrons. The lowest BCUT2D eigenvalue weighted by Crippen LogP contribution is -2.31. The van der Waals surface area contributed by atoms with Crippen LogP contribution >= 0.6 is 11.8 Å². The molecule has 0 unspecified atom stereocenters. The first kappa shape index (κ1) is 19.7. The van der Waals surface area contributed by atoms with Crippen LogP contribution in [0.15, 0.2) is 59.5 Å². The van der Waals surface area contributed by atoms with Crippen LogP contribution < -0.4 is 0 Å². The molecule has 0 aromatic heterocycles. The molecule has 0 saturated carbocycles. The van der Waals surface area contributed by atoms with Gasteiger partial charge in [0.2, 0.25) is 6.10 Å². The first-order valence-corrected chi connectivity index (χ1v) is 9.07. The maximum atomic E-state index is 12.7. The number of benzene rings is 2. The molecule has 5 nitrogen and oxygen atoms in total. The summed E-state index contributed by atoms with van der Waals surface area (Å²) < 4.78 is 5.56.